The van der Waals surface area contributed by atoms with Crippen molar-refractivity contribution in [3.8, 4) is 0 Å². The van der Waals surface area contributed by atoms with Gasteiger partial charge < -0.3 is 14.8 Å². The predicted octanol–water partition coefficient (Wildman–Crippen LogP) is 4.88. The van der Waals surface area contributed by atoms with E-state index < -0.39 is 0 Å². The Morgan fingerprint density at radius 2 is 1.93 bits per heavy atom. The zero-order valence-corrected chi connectivity index (χ0v) is 17.3. The Balaban J connectivity index is 1.36. The minimum Gasteiger partial charge on any atom is -0.361 e. The van der Waals surface area contributed by atoms with E-state index >= 15 is 0 Å². The number of aromatic amines is 1. The van der Waals surface area contributed by atoms with Gasteiger partial charge in [-0.1, -0.05) is 35.9 Å². The molecule has 1 N–H and O–H groups in total. The van der Waals surface area contributed by atoms with Crippen LogP contribution in [0.15, 0.2) is 54.7 Å². The molecule has 6 heteroatoms. The second-order valence-corrected chi connectivity index (χ2v) is 8.20. The third kappa shape index (κ3) is 3.29. The van der Waals surface area contributed by atoms with Gasteiger partial charge in [0.1, 0.15) is 0 Å². The second kappa shape index (κ2) is 7.65. The van der Waals surface area contributed by atoms with Gasteiger partial charge in [-0.15, -0.1) is 0 Å². The highest BCUT2D eigenvalue weighted by Gasteiger charge is 2.26. The first-order valence-electron chi connectivity index (χ1n) is 10.3. The molecule has 5 nitrogen and oxygen atoms in total. The molecule has 1 saturated heterocycles. The van der Waals surface area contributed by atoms with Crippen LogP contribution < -0.4 is 4.90 Å². The second-order valence-electron chi connectivity index (χ2n) is 7.79. The number of aromatic nitrogens is 1. The molecule has 30 heavy (non-hydrogen) atoms. The Kier molecular flexibility index (Phi) is 4.83. The summed E-state index contributed by atoms with van der Waals surface area (Å²) in [4.78, 5) is 32.1. The molecular weight excluding hydrogens is 398 g/mol. The largest absolute Gasteiger partial charge is 0.361 e. The Hall–Kier alpha value is -3.05. The average molecular weight is 420 g/mol. The number of hydrogen-bond acceptors (Lipinski definition) is 2. The maximum Gasteiger partial charge on any atom is 0.254 e. The van der Waals surface area contributed by atoms with Gasteiger partial charge in [-0.2, -0.15) is 0 Å². The summed E-state index contributed by atoms with van der Waals surface area (Å²) in [6.45, 7) is 1.87. The van der Waals surface area contributed by atoms with Crippen molar-refractivity contribution in [1.82, 2.24) is 9.88 Å². The van der Waals surface area contributed by atoms with Gasteiger partial charge in [0.15, 0.2) is 0 Å². The van der Waals surface area contributed by atoms with Crippen LogP contribution in [0.5, 0.6) is 0 Å². The van der Waals surface area contributed by atoms with E-state index in [2.05, 4.69) is 23.2 Å². The molecule has 0 unspecified atom stereocenters. The van der Waals surface area contributed by atoms with Crippen LogP contribution in [0.25, 0.3) is 16.5 Å². The van der Waals surface area contributed by atoms with Gasteiger partial charge in [-0.25, -0.2) is 0 Å². The van der Waals surface area contributed by atoms with E-state index in [9.17, 15) is 9.59 Å². The van der Waals surface area contributed by atoms with Gasteiger partial charge in [-0.05, 0) is 42.7 Å². The number of nitrogens with one attached hydrogen (secondary N) is 1. The van der Waals surface area contributed by atoms with Crippen LogP contribution in [0, 0.1) is 0 Å². The Morgan fingerprint density at radius 3 is 2.70 bits per heavy atom. The quantitative estimate of drug-likeness (QED) is 0.657. The highest BCUT2D eigenvalue weighted by atomic mass is 35.5. The van der Waals surface area contributed by atoms with Gasteiger partial charge in [-0.3, -0.25) is 9.59 Å². The molecule has 0 aliphatic carbocycles. The van der Waals surface area contributed by atoms with Gasteiger partial charge >= 0.3 is 0 Å². The molecule has 3 aromatic rings. The van der Waals surface area contributed by atoms with E-state index in [0.717, 1.165) is 18.4 Å². The molecule has 0 bridgehead atoms. The molecule has 2 aliphatic heterocycles. The van der Waals surface area contributed by atoms with Gasteiger partial charge in [0.05, 0.1) is 10.7 Å². The van der Waals surface area contributed by atoms with E-state index in [0.29, 0.717) is 42.3 Å². The Morgan fingerprint density at radius 1 is 1.07 bits per heavy atom. The predicted molar refractivity (Wildman–Crippen MR) is 120 cm³/mol. The molecule has 1 fully saturated rings. The van der Waals surface area contributed by atoms with Crippen LogP contribution in [0.3, 0.4) is 0 Å². The van der Waals surface area contributed by atoms with Crippen LogP contribution in [-0.4, -0.2) is 41.3 Å². The monoisotopic (exact) mass is 419 g/mol. The van der Waals surface area contributed by atoms with Crippen LogP contribution in [-0.2, 0) is 4.79 Å². The molecule has 0 radical (unpaired) electrons. The third-order valence-electron chi connectivity index (χ3n) is 5.99. The number of nitrogens with zero attached hydrogens (tertiary/aromatic N) is 2. The summed E-state index contributed by atoms with van der Waals surface area (Å²) in [5.41, 5.74) is 4.79. The summed E-state index contributed by atoms with van der Waals surface area (Å²) in [6.07, 6.45) is 6.34. The average Bonchev–Trinajstić information content (AvgIpc) is 3.40. The van der Waals surface area contributed by atoms with Crippen molar-refractivity contribution in [3.63, 3.8) is 0 Å². The van der Waals surface area contributed by atoms with Crippen LogP contribution in [0.2, 0.25) is 5.02 Å². The fourth-order valence-corrected chi connectivity index (χ4v) is 4.59. The van der Waals surface area contributed by atoms with Crippen molar-refractivity contribution in [1.29, 1.82) is 0 Å². The zero-order chi connectivity index (χ0) is 20.7. The highest BCUT2D eigenvalue weighted by Crippen LogP contribution is 2.32. The summed E-state index contributed by atoms with van der Waals surface area (Å²) in [5, 5.41) is 1.71. The third-order valence-corrected chi connectivity index (χ3v) is 6.31. The fourth-order valence-electron chi connectivity index (χ4n) is 4.37. The number of carbonyl (C=O) groups excluding carboxylic acids is 2. The minimum atomic E-state index is -0.0335. The highest BCUT2D eigenvalue weighted by molar-refractivity contribution is 6.34. The summed E-state index contributed by atoms with van der Waals surface area (Å²) < 4.78 is 0. The number of hydrogen-bond donors (Lipinski definition) is 1. The number of para-hydroxylation sites is 1. The molecule has 0 atom stereocenters. The summed E-state index contributed by atoms with van der Waals surface area (Å²) in [5.74, 6) is 0.0274. The van der Waals surface area contributed by atoms with Gasteiger partial charge in [0.2, 0.25) is 5.91 Å². The van der Waals surface area contributed by atoms with Crippen molar-refractivity contribution in [2.45, 2.75) is 19.3 Å². The Labute approximate surface area is 179 Å². The normalized spacial score (nSPS) is 17.0. The molecule has 5 rings (SSSR count). The molecule has 0 saturated carbocycles. The molecule has 2 aromatic carbocycles. The van der Waals surface area contributed by atoms with Crippen molar-refractivity contribution in [2.24, 2.45) is 0 Å². The molecular formula is C24H22ClN3O2. The van der Waals surface area contributed by atoms with E-state index in [4.69, 9.17) is 11.6 Å². The Bertz CT molecular complexity index is 1180. The number of anilines is 1. The lowest BCUT2D eigenvalue weighted by Gasteiger charge is -2.27. The van der Waals surface area contributed by atoms with Crippen molar-refractivity contribution < 1.29 is 9.59 Å². The minimum absolute atomic E-state index is 0.0335. The first kappa shape index (κ1) is 18.9. The van der Waals surface area contributed by atoms with Crippen LogP contribution >= 0.6 is 11.6 Å². The topological polar surface area (TPSA) is 56.4 Å². The van der Waals surface area contributed by atoms with E-state index in [1.807, 2.05) is 23.2 Å². The smallest absolute Gasteiger partial charge is 0.254 e. The summed E-state index contributed by atoms with van der Waals surface area (Å²) >= 11 is 6.32. The van der Waals surface area contributed by atoms with Crippen molar-refractivity contribution in [3.05, 3.63) is 70.9 Å². The van der Waals surface area contributed by atoms with Crippen molar-refractivity contribution in [2.75, 3.05) is 24.5 Å². The number of fused-ring (bicyclic) bond motifs is 1. The number of carbonyl (C=O) groups is 2. The maximum atomic E-state index is 13.1. The summed E-state index contributed by atoms with van der Waals surface area (Å²) in [6, 6.07) is 13.5. The first-order valence-corrected chi connectivity index (χ1v) is 10.6. The van der Waals surface area contributed by atoms with Crippen molar-refractivity contribution >= 4 is 45.6 Å². The van der Waals surface area contributed by atoms with E-state index in [1.54, 1.807) is 23.1 Å². The molecule has 1 aromatic heterocycles. The lowest BCUT2D eigenvalue weighted by atomic mass is 9.98. The van der Waals surface area contributed by atoms with Gasteiger partial charge in [0, 0.05) is 54.3 Å². The molecule has 0 spiro atoms. The number of rotatable bonds is 3. The number of halogens is 1. The molecule has 2 amide bonds. The SMILES string of the molecule is O=C(c1ccc(Cl)c(N2CCCC2=O)c1)N1CC=C(c2c[nH]c3ccccc23)CC1. The number of H-pyrrole nitrogens is 1. The lowest BCUT2D eigenvalue weighted by Crippen LogP contribution is -2.35. The van der Waals surface area contributed by atoms with Crippen LogP contribution in [0.1, 0.15) is 35.2 Å². The van der Waals surface area contributed by atoms with E-state index in [-0.39, 0.29) is 11.8 Å². The maximum absolute atomic E-state index is 13.1. The summed E-state index contributed by atoms with van der Waals surface area (Å²) in [7, 11) is 0. The van der Waals surface area contributed by atoms with Gasteiger partial charge in [0.25, 0.3) is 5.91 Å². The van der Waals surface area contributed by atoms with E-state index in [1.165, 1.54) is 16.5 Å². The molecule has 152 valence electrons. The number of benzene rings is 2. The molecule has 2 aliphatic rings. The number of amides is 2. The standard InChI is InChI=1S/C24H22ClN3O2/c25-20-8-7-17(14-22(20)28-11-3-6-23(28)29)24(30)27-12-9-16(10-13-27)19-15-26-21-5-2-1-4-18(19)21/h1-2,4-5,7-9,14-15,26H,3,6,10-13H2. The lowest BCUT2D eigenvalue weighted by molar-refractivity contribution is -0.117. The first-order chi connectivity index (χ1) is 14.6. The van der Waals surface area contributed by atoms with Crippen LogP contribution in [0.4, 0.5) is 5.69 Å². The zero-order valence-electron chi connectivity index (χ0n) is 16.5. The fraction of sp³-hybridized carbons (Fsp3) is 0.250. The molecule has 3 heterocycles.